The predicted molar refractivity (Wildman–Crippen MR) is 96.2 cm³/mol. The van der Waals surface area contributed by atoms with Crippen LogP contribution in [0.25, 0.3) is 22.4 Å². The van der Waals surface area contributed by atoms with Gasteiger partial charge in [-0.25, -0.2) is 0 Å². The topological polar surface area (TPSA) is 12.9 Å². The normalized spacial score (nSPS) is 22.8. The molecule has 0 spiro atoms. The third kappa shape index (κ3) is 2.46. The first kappa shape index (κ1) is 14.2. The van der Waals surface area contributed by atoms with E-state index in [2.05, 4.69) is 74.5 Å². The van der Waals surface area contributed by atoms with Crippen LogP contribution in [0.1, 0.15) is 25.8 Å². The second kappa shape index (κ2) is 5.34. The second-order valence-corrected chi connectivity index (χ2v) is 6.87. The van der Waals surface area contributed by atoms with Crippen molar-refractivity contribution in [3.05, 3.63) is 78.5 Å². The first-order valence-corrected chi connectivity index (χ1v) is 8.30. The monoisotopic (exact) mass is 299 g/mol. The van der Waals surface area contributed by atoms with Crippen LogP contribution in [0.5, 0.6) is 0 Å². The summed E-state index contributed by atoms with van der Waals surface area (Å²) in [6.45, 7) is 4.71. The van der Waals surface area contributed by atoms with Gasteiger partial charge in [0.1, 0.15) is 0 Å². The first-order chi connectivity index (χ1) is 11.2. The first-order valence-electron chi connectivity index (χ1n) is 8.30. The number of nitrogens with zero attached hydrogens (tertiary/aromatic N) is 1. The van der Waals surface area contributed by atoms with Crippen molar-refractivity contribution >= 4 is 0 Å². The van der Waals surface area contributed by atoms with Crippen LogP contribution in [0.15, 0.2) is 72.9 Å². The van der Waals surface area contributed by atoms with Gasteiger partial charge in [-0.1, -0.05) is 74.5 Å². The average molecular weight is 299 g/mol. The van der Waals surface area contributed by atoms with Gasteiger partial charge in [-0.15, -0.1) is 0 Å². The largest absolute Gasteiger partial charge is 0.256 e. The highest BCUT2D eigenvalue weighted by molar-refractivity contribution is 5.70. The van der Waals surface area contributed by atoms with Crippen LogP contribution in [-0.2, 0) is 5.41 Å². The lowest BCUT2D eigenvalue weighted by Crippen LogP contribution is -2.05. The summed E-state index contributed by atoms with van der Waals surface area (Å²) >= 11 is 0. The Balaban J connectivity index is 1.73. The van der Waals surface area contributed by atoms with E-state index in [0.717, 1.165) is 17.2 Å². The molecule has 1 nitrogen and oxygen atoms in total. The number of hydrogen-bond acceptors (Lipinski definition) is 1. The summed E-state index contributed by atoms with van der Waals surface area (Å²) in [4.78, 5) is 4.75. The summed E-state index contributed by atoms with van der Waals surface area (Å²) in [5.41, 5.74) is 6.48. The Labute approximate surface area is 138 Å². The van der Waals surface area contributed by atoms with Crippen molar-refractivity contribution in [3.63, 3.8) is 0 Å². The summed E-state index contributed by atoms with van der Waals surface area (Å²) in [5, 5.41) is 0. The van der Waals surface area contributed by atoms with Gasteiger partial charge in [-0.05, 0) is 34.9 Å². The Morgan fingerprint density at radius 1 is 0.870 bits per heavy atom. The minimum atomic E-state index is 0.316. The molecular weight excluding hydrogens is 278 g/mol. The third-order valence-electron chi connectivity index (χ3n) is 5.35. The molecule has 1 aliphatic carbocycles. The molecule has 23 heavy (non-hydrogen) atoms. The zero-order valence-electron chi connectivity index (χ0n) is 13.7. The van der Waals surface area contributed by atoms with E-state index in [-0.39, 0.29) is 0 Å². The minimum absolute atomic E-state index is 0.316. The Kier molecular flexibility index (Phi) is 3.30. The molecule has 0 amide bonds. The van der Waals surface area contributed by atoms with Crippen LogP contribution in [0.2, 0.25) is 0 Å². The number of hydrogen-bond donors (Lipinski definition) is 0. The molecule has 3 aromatic rings. The van der Waals surface area contributed by atoms with Crippen molar-refractivity contribution in [1.82, 2.24) is 4.98 Å². The smallest absolute Gasteiger partial charge is 0.0705 e. The minimum Gasteiger partial charge on any atom is -0.256 e. The van der Waals surface area contributed by atoms with E-state index < -0.39 is 0 Å². The molecule has 0 saturated heterocycles. The molecule has 4 rings (SSSR count). The summed E-state index contributed by atoms with van der Waals surface area (Å²) in [6, 6.07) is 23.5. The van der Waals surface area contributed by atoms with E-state index in [1.54, 1.807) is 0 Å². The molecule has 0 radical (unpaired) electrons. The molecule has 2 aromatic carbocycles. The van der Waals surface area contributed by atoms with E-state index in [1.165, 1.54) is 23.1 Å². The van der Waals surface area contributed by atoms with Gasteiger partial charge in [-0.3, -0.25) is 4.98 Å². The van der Waals surface area contributed by atoms with Crippen LogP contribution >= 0.6 is 0 Å². The Morgan fingerprint density at radius 3 is 2.22 bits per heavy atom. The van der Waals surface area contributed by atoms with Crippen LogP contribution in [0.4, 0.5) is 0 Å². The summed E-state index contributed by atoms with van der Waals surface area (Å²) in [6.07, 6.45) is 3.26. The van der Waals surface area contributed by atoms with Gasteiger partial charge in [0.25, 0.3) is 0 Å². The van der Waals surface area contributed by atoms with Crippen LogP contribution in [-0.4, -0.2) is 4.98 Å². The molecule has 1 heterocycles. The van der Waals surface area contributed by atoms with E-state index in [9.17, 15) is 0 Å². The van der Waals surface area contributed by atoms with Crippen molar-refractivity contribution in [2.75, 3.05) is 0 Å². The maximum absolute atomic E-state index is 4.75. The highest BCUT2D eigenvalue weighted by Crippen LogP contribution is 2.55. The van der Waals surface area contributed by atoms with E-state index in [1.807, 2.05) is 12.3 Å². The quantitative estimate of drug-likeness (QED) is 0.603. The molecule has 0 aliphatic heterocycles. The third-order valence-corrected chi connectivity index (χ3v) is 5.35. The molecule has 0 bridgehead atoms. The van der Waals surface area contributed by atoms with E-state index in [0.29, 0.717) is 5.41 Å². The fourth-order valence-corrected chi connectivity index (χ4v) is 3.51. The SMILES string of the molecule is CC1CC1(C)c1ccccc1-c1ccc(-c2ccccc2)cn1. The Morgan fingerprint density at radius 2 is 1.57 bits per heavy atom. The van der Waals surface area contributed by atoms with Crippen molar-refractivity contribution in [1.29, 1.82) is 0 Å². The highest BCUT2D eigenvalue weighted by Gasteiger charge is 2.48. The summed E-state index contributed by atoms with van der Waals surface area (Å²) in [5.74, 6) is 0.757. The number of aromatic nitrogens is 1. The molecule has 1 aliphatic rings. The fourth-order valence-electron chi connectivity index (χ4n) is 3.51. The highest BCUT2D eigenvalue weighted by atomic mass is 14.7. The van der Waals surface area contributed by atoms with Gasteiger partial charge >= 0.3 is 0 Å². The molecule has 2 unspecified atom stereocenters. The average Bonchev–Trinajstić information content (AvgIpc) is 3.24. The lowest BCUT2D eigenvalue weighted by atomic mass is 9.89. The summed E-state index contributed by atoms with van der Waals surface area (Å²) in [7, 11) is 0. The van der Waals surface area contributed by atoms with Gasteiger partial charge in [0, 0.05) is 17.3 Å². The zero-order valence-corrected chi connectivity index (χ0v) is 13.7. The van der Waals surface area contributed by atoms with Crippen LogP contribution < -0.4 is 0 Å². The zero-order chi connectivity index (χ0) is 15.9. The fraction of sp³-hybridized carbons (Fsp3) is 0.227. The number of rotatable bonds is 3. The Hall–Kier alpha value is -2.41. The van der Waals surface area contributed by atoms with Crippen molar-refractivity contribution < 1.29 is 0 Å². The van der Waals surface area contributed by atoms with Gasteiger partial charge in [0.15, 0.2) is 0 Å². The molecular formula is C22H21N. The van der Waals surface area contributed by atoms with Gasteiger partial charge < -0.3 is 0 Å². The molecule has 0 N–H and O–H groups in total. The number of benzene rings is 2. The maximum atomic E-state index is 4.75. The van der Waals surface area contributed by atoms with Crippen molar-refractivity contribution in [2.45, 2.75) is 25.7 Å². The molecule has 2 atom stereocenters. The van der Waals surface area contributed by atoms with Gasteiger partial charge in [0.2, 0.25) is 0 Å². The molecule has 1 aromatic heterocycles. The molecule has 1 heteroatoms. The van der Waals surface area contributed by atoms with Gasteiger partial charge in [-0.2, -0.15) is 0 Å². The Bertz CT molecular complexity index is 820. The van der Waals surface area contributed by atoms with Crippen LogP contribution in [0.3, 0.4) is 0 Å². The van der Waals surface area contributed by atoms with E-state index in [4.69, 9.17) is 4.98 Å². The maximum Gasteiger partial charge on any atom is 0.0705 e. The van der Waals surface area contributed by atoms with E-state index >= 15 is 0 Å². The molecule has 1 fully saturated rings. The predicted octanol–water partition coefficient (Wildman–Crippen LogP) is 5.71. The number of pyridine rings is 1. The summed E-state index contributed by atoms with van der Waals surface area (Å²) < 4.78 is 0. The lowest BCUT2D eigenvalue weighted by Gasteiger charge is -2.16. The van der Waals surface area contributed by atoms with Crippen LogP contribution in [0, 0.1) is 5.92 Å². The van der Waals surface area contributed by atoms with Crippen molar-refractivity contribution in [2.24, 2.45) is 5.92 Å². The molecule has 114 valence electrons. The standard InChI is InChI=1S/C22H21N/c1-16-14-22(16,2)20-11-7-6-10-19(20)21-13-12-18(15-23-21)17-8-4-3-5-9-17/h3-13,15-16H,14H2,1-2H3. The molecule has 1 saturated carbocycles. The second-order valence-electron chi connectivity index (χ2n) is 6.87. The van der Waals surface area contributed by atoms with Crippen molar-refractivity contribution in [3.8, 4) is 22.4 Å². The van der Waals surface area contributed by atoms with Gasteiger partial charge in [0.05, 0.1) is 5.69 Å². The lowest BCUT2D eigenvalue weighted by molar-refractivity contribution is 0.703.